The first-order valence-electron chi connectivity index (χ1n) is 5.42. The predicted molar refractivity (Wildman–Crippen MR) is 63.8 cm³/mol. The van der Waals surface area contributed by atoms with Crippen molar-refractivity contribution in [2.75, 3.05) is 0 Å². The van der Waals surface area contributed by atoms with Crippen LogP contribution in [0.1, 0.15) is 20.8 Å². The summed E-state index contributed by atoms with van der Waals surface area (Å²) in [4.78, 5) is 4.58. The van der Waals surface area contributed by atoms with Gasteiger partial charge in [-0.2, -0.15) is 0 Å². The second-order valence-electron chi connectivity index (χ2n) is 5.06. The normalized spacial score (nSPS) is 40.9. The Balaban J connectivity index is 2.32. The van der Waals surface area contributed by atoms with E-state index in [1.165, 1.54) is 16.8 Å². The highest BCUT2D eigenvalue weighted by Gasteiger charge is 2.53. The van der Waals surface area contributed by atoms with Crippen LogP contribution in [0.2, 0.25) is 0 Å². The monoisotopic (exact) mass is 197 g/mol. The molecule has 0 amide bonds. The van der Waals surface area contributed by atoms with Crippen molar-refractivity contribution in [2.45, 2.75) is 20.8 Å². The largest absolute Gasteiger partial charge is 0.264 e. The first kappa shape index (κ1) is 8.90. The van der Waals surface area contributed by atoms with Gasteiger partial charge in [-0.1, -0.05) is 29.9 Å². The number of hydrogen-bond acceptors (Lipinski definition) is 1. The van der Waals surface area contributed by atoms with Crippen LogP contribution in [-0.2, 0) is 0 Å². The first-order chi connectivity index (χ1) is 7.06. The van der Waals surface area contributed by atoms with E-state index in [-0.39, 0.29) is 10.8 Å². The molecule has 0 saturated carbocycles. The molecule has 15 heavy (non-hydrogen) atoms. The molecule has 0 spiro atoms. The molecule has 3 aliphatic rings. The molecule has 2 atom stereocenters. The van der Waals surface area contributed by atoms with Crippen molar-refractivity contribution in [2.24, 2.45) is 15.8 Å². The maximum absolute atomic E-state index is 4.58. The number of hydrogen-bond donors (Lipinski definition) is 0. The van der Waals surface area contributed by atoms with Gasteiger partial charge in [0.05, 0.1) is 5.70 Å². The molecule has 0 fully saturated rings. The molecule has 0 saturated heterocycles. The van der Waals surface area contributed by atoms with Gasteiger partial charge in [0.1, 0.15) is 0 Å². The Labute approximate surface area is 90.6 Å². The fourth-order valence-electron chi connectivity index (χ4n) is 2.74. The highest BCUT2D eigenvalue weighted by molar-refractivity contribution is 5.81. The van der Waals surface area contributed by atoms with Crippen LogP contribution >= 0.6 is 0 Å². The Morgan fingerprint density at radius 3 is 2.80 bits per heavy atom. The molecular formula is C14H15N. The van der Waals surface area contributed by atoms with E-state index in [9.17, 15) is 0 Å². The minimum Gasteiger partial charge on any atom is -0.264 e. The van der Waals surface area contributed by atoms with Crippen LogP contribution in [0.4, 0.5) is 0 Å². The fraction of sp³-hybridized carbons (Fsp3) is 0.357. The van der Waals surface area contributed by atoms with E-state index in [1.54, 1.807) is 0 Å². The van der Waals surface area contributed by atoms with Crippen LogP contribution in [0.3, 0.4) is 0 Å². The molecule has 76 valence electrons. The van der Waals surface area contributed by atoms with E-state index in [1.807, 2.05) is 0 Å². The molecule has 1 heterocycles. The van der Waals surface area contributed by atoms with Crippen LogP contribution in [-0.4, -0.2) is 6.21 Å². The Kier molecular flexibility index (Phi) is 1.43. The Morgan fingerprint density at radius 2 is 2.00 bits per heavy atom. The topological polar surface area (TPSA) is 12.4 Å². The molecule has 0 radical (unpaired) electrons. The molecule has 0 N–H and O–H groups in total. The highest BCUT2D eigenvalue weighted by atomic mass is 14.9. The molecule has 1 nitrogen and oxygen atoms in total. The van der Waals surface area contributed by atoms with Crippen molar-refractivity contribution >= 4 is 6.21 Å². The van der Waals surface area contributed by atoms with Crippen molar-refractivity contribution in [1.29, 1.82) is 0 Å². The van der Waals surface area contributed by atoms with Gasteiger partial charge in [0.2, 0.25) is 0 Å². The summed E-state index contributed by atoms with van der Waals surface area (Å²) in [5.41, 5.74) is 4.01. The average molecular weight is 197 g/mol. The summed E-state index contributed by atoms with van der Waals surface area (Å²) < 4.78 is 0. The minimum atomic E-state index is 0.0568. The van der Waals surface area contributed by atoms with Gasteiger partial charge in [-0.25, -0.2) is 0 Å². The number of rotatable bonds is 0. The predicted octanol–water partition coefficient (Wildman–Crippen LogP) is 3.42. The Morgan fingerprint density at radius 1 is 1.20 bits per heavy atom. The summed E-state index contributed by atoms with van der Waals surface area (Å²) in [6, 6.07) is 0. The fourth-order valence-corrected chi connectivity index (χ4v) is 2.74. The molecule has 3 rings (SSSR count). The van der Waals surface area contributed by atoms with Crippen LogP contribution in [0.15, 0.2) is 52.2 Å². The maximum Gasteiger partial charge on any atom is 0.0515 e. The zero-order valence-electron chi connectivity index (χ0n) is 9.41. The van der Waals surface area contributed by atoms with E-state index in [4.69, 9.17) is 0 Å². The van der Waals surface area contributed by atoms with E-state index >= 15 is 0 Å². The van der Waals surface area contributed by atoms with E-state index in [2.05, 4.69) is 62.4 Å². The summed E-state index contributed by atoms with van der Waals surface area (Å²) in [5, 5.41) is 0. The summed E-state index contributed by atoms with van der Waals surface area (Å²) in [6.07, 6.45) is 13.2. The Bertz CT molecular complexity index is 487. The quantitative estimate of drug-likeness (QED) is 0.564. The van der Waals surface area contributed by atoms with Gasteiger partial charge in [-0.05, 0) is 32.4 Å². The molecular weight excluding hydrogens is 182 g/mol. The van der Waals surface area contributed by atoms with Crippen LogP contribution in [0.25, 0.3) is 0 Å². The smallest absolute Gasteiger partial charge is 0.0515 e. The SMILES string of the molecule is CC1=CC=C2N=CC3(C)C=CC(=C1)C23C. The van der Waals surface area contributed by atoms with Gasteiger partial charge in [0.25, 0.3) is 0 Å². The summed E-state index contributed by atoms with van der Waals surface area (Å²) >= 11 is 0. The third-order valence-corrected chi connectivity index (χ3v) is 4.14. The van der Waals surface area contributed by atoms with E-state index in [0.717, 1.165) is 0 Å². The Hall–Kier alpha value is -1.37. The third kappa shape index (κ3) is 0.865. The lowest BCUT2D eigenvalue weighted by molar-refractivity contribution is 0.351. The number of allylic oxidation sites excluding steroid dienone is 7. The maximum atomic E-state index is 4.58. The molecule has 0 aromatic carbocycles. The molecule has 2 aliphatic carbocycles. The van der Waals surface area contributed by atoms with Crippen molar-refractivity contribution < 1.29 is 0 Å². The molecule has 0 aromatic rings. The first-order valence-corrected chi connectivity index (χ1v) is 5.42. The lowest BCUT2D eigenvalue weighted by Crippen LogP contribution is -2.31. The zero-order chi connectivity index (χ0) is 10.7. The average Bonchev–Trinajstić information content (AvgIpc) is 2.52. The van der Waals surface area contributed by atoms with Crippen molar-refractivity contribution in [1.82, 2.24) is 0 Å². The minimum absolute atomic E-state index is 0.0568. The van der Waals surface area contributed by atoms with Crippen molar-refractivity contribution in [3.8, 4) is 0 Å². The lowest BCUT2D eigenvalue weighted by atomic mass is 9.66. The summed E-state index contributed by atoms with van der Waals surface area (Å²) in [7, 11) is 0. The van der Waals surface area contributed by atoms with Gasteiger partial charge in [0, 0.05) is 17.0 Å². The zero-order valence-corrected chi connectivity index (χ0v) is 9.41. The second kappa shape index (κ2) is 2.41. The van der Waals surface area contributed by atoms with Crippen molar-refractivity contribution in [3.05, 3.63) is 47.2 Å². The van der Waals surface area contributed by atoms with Crippen LogP contribution < -0.4 is 0 Å². The van der Waals surface area contributed by atoms with E-state index in [0.29, 0.717) is 0 Å². The van der Waals surface area contributed by atoms with Gasteiger partial charge < -0.3 is 0 Å². The number of nitrogens with zero attached hydrogens (tertiary/aromatic N) is 1. The molecule has 1 aliphatic heterocycles. The number of aliphatic imine (C=N–C) groups is 1. The standard InChI is InChI=1S/C14H15N/c1-10-4-5-12-14(3)11(8-10)6-7-13(14,2)9-15-12/h4-9H,1-3H3. The van der Waals surface area contributed by atoms with Crippen molar-refractivity contribution in [3.63, 3.8) is 0 Å². The molecule has 1 heteroatoms. The van der Waals surface area contributed by atoms with E-state index < -0.39 is 0 Å². The molecule has 0 aromatic heterocycles. The summed E-state index contributed by atoms with van der Waals surface area (Å²) in [5.74, 6) is 0. The van der Waals surface area contributed by atoms with Crippen LogP contribution in [0.5, 0.6) is 0 Å². The third-order valence-electron chi connectivity index (χ3n) is 4.14. The lowest BCUT2D eigenvalue weighted by Gasteiger charge is -2.34. The van der Waals surface area contributed by atoms with Gasteiger partial charge in [-0.3, -0.25) is 4.99 Å². The molecule has 2 unspecified atom stereocenters. The van der Waals surface area contributed by atoms with Gasteiger partial charge >= 0.3 is 0 Å². The van der Waals surface area contributed by atoms with Crippen LogP contribution in [0, 0.1) is 10.8 Å². The van der Waals surface area contributed by atoms with Gasteiger partial charge in [0.15, 0.2) is 0 Å². The second-order valence-corrected chi connectivity index (χ2v) is 5.06. The summed E-state index contributed by atoms with van der Waals surface area (Å²) in [6.45, 7) is 6.70. The highest BCUT2D eigenvalue weighted by Crippen LogP contribution is 2.59. The van der Waals surface area contributed by atoms with Gasteiger partial charge in [-0.15, -0.1) is 0 Å². The molecule has 0 bridgehead atoms.